The summed E-state index contributed by atoms with van der Waals surface area (Å²) in [4.78, 5) is 14.5. The lowest BCUT2D eigenvalue weighted by molar-refractivity contribution is 0.0985. The number of nitrogens with zero attached hydrogens (tertiary/aromatic N) is 4. The molecule has 3 rings (SSSR count). The monoisotopic (exact) mass is 354 g/mol. The number of anilines is 1. The van der Waals surface area contributed by atoms with E-state index in [2.05, 4.69) is 26.8 Å². The molecule has 23 heavy (non-hydrogen) atoms. The fourth-order valence-electron chi connectivity index (χ4n) is 2.42. The van der Waals surface area contributed by atoms with Gasteiger partial charge in [0, 0.05) is 23.7 Å². The SMILES string of the molecule is Cc1csc(S(=O)(=O)Cc2cc(N3CCOC[C@@H]3C)ncn2)n1. The molecule has 0 saturated carbocycles. The number of aromatic nitrogens is 3. The Balaban J connectivity index is 1.82. The van der Waals surface area contributed by atoms with Gasteiger partial charge in [0.1, 0.15) is 12.1 Å². The van der Waals surface area contributed by atoms with Gasteiger partial charge in [-0.05, 0) is 13.8 Å². The van der Waals surface area contributed by atoms with Crippen molar-refractivity contribution in [3.05, 3.63) is 29.2 Å². The summed E-state index contributed by atoms with van der Waals surface area (Å²) in [5.41, 5.74) is 1.18. The first-order valence-corrected chi connectivity index (χ1v) is 9.79. The molecule has 0 spiro atoms. The molecule has 0 unspecified atom stereocenters. The van der Waals surface area contributed by atoms with Gasteiger partial charge in [0.15, 0.2) is 0 Å². The molecule has 7 nitrogen and oxygen atoms in total. The van der Waals surface area contributed by atoms with Crippen molar-refractivity contribution in [3.63, 3.8) is 0 Å². The van der Waals surface area contributed by atoms with Crippen molar-refractivity contribution in [1.29, 1.82) is 0 Å². The number of thiazole rings is 1. The normalized spacial score (nSPS) is 19.0. The lowest BCUT2D eigenvalue weighted by atomic mass is 10.2. The second-order valence-electron chi connectivity index (χ2n) is 5.50. The van der Waals surface area contributed by atoms with Gasteiger partial charge in [-0.1, -0.05) is 0 Å². The number of hydrogen-bond donors (Lipinski definition) is 0. The molecule has 9 heteroatoms. The van der Waals surface area contributed by atoms with Crippen LogP contribution in [0.1, 0.15) is 18.3 Å². The van der Waals surface area contributed by atoms with Crippen molar-refractivity contribution < 1.29 is 13.2 Å². The molecule has 124 valence electrons. The quantitative estimate of drug-likeness (QED) is 0.821. The molecule has 0 N–H and O–H groups in total. The molecule has 3 heterocycles. The summed E-state index contributed by atoms with van der Waals surface area (Å²) in [5.74, 6) is 0.560. The van der Waals surface area contributed by atoms with Gasteiger partial charge in [0.05, 0.1) is 30.7 Å². The summed E-state index contributed by atoms with van der Waals surface area (Å²) < 4.78 is 30.4. The molecule has 0 bridgehead atoms. The first-order valence-electron chi connectivity index (χ1n) is 7.26. The second kappa shape index (κ2) is 6.50. The molecule has 1 fully saturated rings. The van der Waals surface area contributed by atoms with E-state index in [-0.39, 0.29) is 16.1 Å². The summed E-state index contributed by atoms with van der Waals surface area (Å²) in [5, 5.41) is 1.73. The van der Waals surface area contributed by atoms with Crippen LogP contribution in [-0.4, -0.2) is 49.2 Å². The smallest absolute Gasteiger partial charge is 0.211 e. The van der Waals surface area contributed by atoms with Crippen molar-refractivity contribution in [3.8, 4) is 0 Å². The van der Waals surface area contributed by atoms with Gasteiger partial charge in [0.2, 0.25) is 14.2 Å². The van der Waals surface area contributed by atoms with Crippen molar-refractivity contribution in [2.24, 2.45) is 0 Å². The molecule has 1 aliphatic heterocycles. The van der Waals surface area contributed by atoms with E-state index in [1.54, 1.807) is 18.4 Å². The van der Waals surface area contributed by atoms with Crippen LogP contribution in [-0.2, 0) is 20.3 Å². The highest BCUT2D eigenvalue weighted by Gasteiger charge is 2.23. The number of rotatable bonds is 4. The third kappa shape index (κ3) is 3.67. The maximum atomic E-state index is 12.4. The van der Waals surface area contributed by atoms with Gasteiger partial charge in [0.25, 0.3) is 0 Å². The average molecular weight is 354 g/mol. The third-order valence-corrected chi connectivity index (χ3v) is 6.67. The summed E-state index contributed by atoms with van der Waals surface area (Å²) in [6.07, 6.45) is 1.41. The molecule has 0 aromatic carbocycles. The van der Waals surface area contributed by atoms with Crippen LogP contribution in [0, 0.1) is 6.92 Å². The lowest BCUT2D eigenvalue weighted by Gasteiger charge is -2.34. The first kappa shape index (κ1) is 16.3. The van der Waals surface area contributed by atoms with E-state index in [1.165, 1.54) is 6.33 Å². The van der Waals surface area contributed by atoms with Gasteiger partial charge in [-0.25, -0.2) is 23.4 Å². The number of aryl methyl sites for hydroxylation is 1. The zero-order chi connectivity index (χ0) is 16.4. The van der Waals surface area contributed by atoms with E-state index in [9.17, 15) is 8.42 Å². The molecule has 1 aliphatic rings. The Morgan fingerprint density at radius 2 is 2.26 bits per heavy atom. The van der Waals surface area contributed by atoms with Gasteiger partial charge >= 0.3 is 0 Å². The minimum absolute atomic E-state index is 0.134. The zero-order valence-corrected chi connectivity index (χ0v) is 14.6. The van der Waals surface area contributed by atoms with Gasteiger partial charge in [-0.3, -0.25) is 0 Å². The second-order valence-corrected chi connectivity index (χ2v) is 8.52. The summed E-state index contributed by atoms with van der Waals surface area (Å²) >= 11 is 1.14. The Hall–Kier alpha value is -1.58. The molecule has 0 amide bonds. The number of hydrogen-bond acceptors (Lipinski definition) is 8. The van der Waals surface area contributed by atoms with Crippen LogP contribution in [0.4, 0.5) is 5.82 Å². The van der Waals surface area contributed by atoms with E-state index in [1.807, 2.05) is 0 Å². The summed E-state index contributed by atoms with van der Waals surface area (Å²) in [6, 6.07) is 1.93. The highest BCUT2D eigenvalue weighted by atomic mass is 32.2. The van der Waals surface area contributed by atoms with Crippen LogP contribution in [0.2, 0.25) is 0 Å². The van der Waals surface area contributed by atoms with Crippen LogP contribution in [0.5, 0.6) is 0 Å². The van der Waals surface area contributed by atoms with E-state index in [0.717, 1.165) is 23.7 Å². The third-order valence-electron chi connectivity index (χ3n) is 3.57. The lowest BCUT2D eigenvalue weighted by Crippen LogP contribution is -2.44. The van der Waals surface area contributed by atoms with E-state index >= 15 is 0 Å². The predicted molar refractivity (Wildman–Crippen MR) is 87.4 cm³/mol. The van der Waals surface area contributed by atoms with E-state index in [0.29, 0.717) is 24.6 Å². The molecule has 0 aliphatic carbocycles. The van der Waals surface area contributed by atoms with Crippen molar-refractivity contribution in [2.45, 2.75) is 30.0 Å². The van der Waals surface area contributed by atoms with Crippen molar-refractivity contribution in [2.75, 3.05) is 24.7 Å². The molecular formula is C14H18N4O3S2. The Bertz CT molecular complexity index is 791. The Morgan fingerprint density at radius 3 is 2.96 bits per heavy atom. The minimum Gasteiger partial charge on any atom is -0.377 e. The molecule has 2 aromatic rings. The van der Waals surface area contributed by atoms with E-state index < -0.39 is 9.84 Å². The topological polar surface area (TPSA) is 85.3 Å². The summed E-state index contributed by atoms with van der Waals surface area (Å²) in [7, 11) is -3.48. The molecule has 1 atom stereocenters. The zero-order valence-electron chi connectivity index (χ0n) is 13.0. The molecule has 2 aromatic heterocycles. The maximum absolute atomic E-state index is 12.4. The predicted octanol–water partition coefficient (Wildman–Crippen LogP) is 1.44. The van der Waals surface area contributed by atoms with Crippen LogP contribution in [0.3, 0.4) is 0 Å². The fraction of sp³-hybridized carbons (Fsp3) is 0.500. The largest absolute Gasteiger partial charge is 0.377 e. The number of morpholine rings is 1. The van der Waals surface area contributed by atoms with Crippen LogP contribution in [0.15, 0.2) is 22.1 Å². The Morgan fingerprint density at radius 1 is 1.43 bits per heavy atom. The highest BCUT2D eigenvalue weighted by Crippen LogP contribution is 2.22. The van der Waals surface area contributed by atoms with Gasteiger partial charge in [-0.15, -0.1) is 11.3 Å². The standard InChI is InChI=1S/C14H18N4O3S2/c1-10-7-22-14(17-10)23(19,20)8-12-5-13(16-9-15-12)18-3-4-21-6-11(18)2/h5,7,9,11H,3-4,6,8H2,1-2H3/t11-/m0/s1. The average Bonchev–Trinajstić information content (AvgIpc) is 2.95. The van der Waals surface area contributed by atoms with Crippen LogP contribution in [0.25, 0.3) is 0 Å². The maximum Gasteiger partial charge on any atom is 0.211 e. The minimum atomic E-state index is -3.48. The Kier molecular flexibility index (Phi) is 4.60. The first-order chi connectivity index (χ1) is 11.0. The summed E-state index contributed by atoms with van der Waals surface area (Å²) in [6.45, 7) is 5.83. The van der Waals surface area contributed by atoms with Gasteiger partial charge in [-0.2, -0.15) is 0 Å². The van der Waals surface area contributed by atoms with Crippen molar-refractivity contribution >= 4 is 27.0 Å². The number of sulfone groups is 1. The molecule has 0 radical (unpaired) electrons. The van der Waals surface area contributed by atoms with Gasteiger partial charge < -0.3 is 9.64 Å². The highest BCUT2D eigenvalue weighted by molar-refractivity contribution is 7.92. The van der Waals surface area contributed by atoms with Crippen LogP contribution >= 0.6 is 11.3 Å². The molecule has 1 saturated heterocycles. The fourth-order valence-corrected chi connectivity index (χ4v) is 4.80. The van der Waals surface area contributed by atoms with Crippen molar-refractivity contribution in [1.82, 2.24) is 15.0 Å². The molecular weight excluding hydrogens is 336 g/mol. The Labute approximate surface area is 139 Å². The van der Waals surface area contributed by atoms with Crippen LogP contribution < -0.4 is 4.90 Å². The number of ether oxygens (including phenoxy) is 1. The van der Waals surface area contributed by atoms with E-state index in [4.69, 9.17) is 4.74 Å².